The number of nitrogens with zero attached hydrogens (tertiary/aromatic N) is 2. The van der Waals surface area contributed by atoms with Gasteiger partial charge < -0.3 is 10.6 Å². The van der Waals surface area contributed by atoms with Gasteiger partial charge >= 0.3 is 0 Å². The fraction of sp³-hybridized carbons (Fsp3) is 0.357. The Morgan fingerprint density at radius 1 is 1.33 bits per heavy atom. The third kappa shape index (κ3) is 2.76. The molecule has 0 fully saturated rings. The van der Waals surface area contributed by atoms with E-state index in [1.807, 2.05) is 30.0 Å². The zero-order valence-electron chi connectivity index (χ0n) is 10.9. The maximum atomic E-state index is 5.84. The monoisotopic (exact) mass is 261 g/mol. The predicted octanol–water partition coefficient (Wildman–Crippen LogP) is 2.49. The normalized spacial score (nSPS) is 10.8. The minimum Gasteiger partial charge on any atom is -0.359 e. The van der Waals surface area contributed by atoms with E-state index >= 15 is 0 Å². The molecule has 1 heterocycles. The van der Waals surface area contributed by atoms with Gasteiger partial charge in [-0.15, -0.1) is 0 Å². The van der Waals surface area contributed by atoms with Gasteiger partial charge in [0, 0.05) is 36.8 Å². The van der Waals surface area contributed by atoms with Crippen LogP contribution in [0.2, 0.25) is 0 Å². The first-order valence-electron chi connectivity index (χ1n) is 6.05. The minimum atomic E-state index is 0.525. The lowest BCUT2D eigenvalue weighted by molar-refractivity contribution is 0.923. The third-order valence-corrected chi connectivity index (χ3v) is 3.58. The van der Waals surface area contributed by atoms with Crippen molar-refractivity contribution in [1.29, 1.82) is 0 Å². The molecule has 2 N–H and O–H groups in total. The number of aromatic nitrogens is 1. The maximum absolute atomic E-state index is 5.84. The SMILES string of the molecule is CSCCN(C)c1nc2ccccc2cc1CN. The molecule has 0 radical (unpaired) electrons. The first kappa shape index (κ1) is 13.2. The zero-order valence-corrected chi connectivity index (χ0v) is 11.7. The van der Waals surface area contributed by atoms with Crippen LogP contribution in [0.3, 0.4) is 0 Å². The van der Waals surface area contributed by atoms with Gasteiger partial charge in [0.15, 0.2) is 0 Å². The van der Waals surface area contributed by atoms with Crippen molar-refractivity contribution >= 4 is 28.5 Å². The highest BCUT2D eigenvalue weighted by Gasteiger charge is 2.09. The molecule has 0 spiro atoms. The van der Waals surface area contributed by atoms with E-state index in [2.05, 4.69) is 30.3 Å². The van der Waals surface area contributed by atoms with Crippen LogP contribution >= 0.6 is 11.8 Å². The second kappa shape index (κ2) is 6.07. The largest absolute Gasteiger partial charge is 0.359 e. The topological polar surface area (TPSA) is 42.2 Å². The van der Waals surface area contributed by atoms with Gasteiger partial charge in [-0.25, -0.2) is 4.98 Å². The molecule has 2 aromatic rings. The van der Waals surface area contributed by atoms with E-state index in [-0.39, 0.29) is 0 Å². The van der Waals surface area contributed by atoms with Gasteiger partial charge in [-0.2, -0.15) is 11.8 Å². The lowest BCUT2D eigenvalue weighted by Gasteiger charge is -2.21. The van der Waals surface area contributed by atoms with Crippen LogP contribution in [0, 0.1) is 0 Å². The molecule has 0 saturated carbocycles. The van der Waals surface area contributed by atoms with E-state index in [9.17, 15) is 0 Å². The first-order chi connectivity index (χ1) is 8.76. The number of hydrogen-bond donors (Lipinski definition) is 1. The molecule has 2 rings (SSSR count). The summed E-state index contributed by atoms with van der Waals surface area (Å²) in [6, 6.07) is 10.3. The number of rotatable bonds is 5. The van der Waals surface area contributed by atoms with Crippen LogP contribution in [0.15, 0.2) is 30.3 Å². The van der Waals surface area contributed by atoms with Crippen LogP contribution in [0.4, 0.5) is 5.82 Å². The number of pyridine rings is 1. The number of para-hydroxylation sites is 1. The van der Waals surface area contributed by atoms with Crippen molar-refractivity contribution in [3.05, 3.63) is 35.9 Å². The molecule has 96 valence electrons. The van der Waals surface area contributed by atoms with Crippen LogP contribution in [0.25, 0.3) is 10.9 Å². The van der Waals surface area contributed by atoms with E-state index in [0.29, 0.717) is 6.54 Å². The first-order valence-corrected chi connectivity index (χ1v) is 7.44. The predicted molar refractivity (Wildman–Crippen MR) is 81.3 cm³/mol. The van der Waals surface area contributed by atoms with Crippen LogP contribution in [-0.4, -0.2) is 30.6 Å². The standard InChI is InChI=1S/C14H19N3S/c1-17(7-8-18-2)14-12(10-15)9-11-5-3-4-6-13(11)16-14/h3-6,9H,7-8,10,15H2,1-2H3. The van der Waals surface area contributed by atoms with Gasteiger partial charge in [0.1, 0.15) is 5.82 Å². The molecule has 18 heavy (non-hydrogen) atoms. The Hall–Kier alpha value is -1.26. The van der Waals surface area contributed by atoms with E-state index in [1.165, 1.54) is 0 Å². The van der Waals surface area contributed by atoms with Crippen LogP contribution < -0.4 is 10.6 Å². The Labute approximate surface area is 112 Å². The second-order valence-corrected chi connectivity index (χ2v) is 5.27. The quantitative estimate of drug-likeness (QED) is 0.898. The Morgan fingerprint density at radius 3 is 2.83 bits per heavy atom. The molecule has 0 saturated heterocycles. The van der Waals surface area contributed by atoms with Crippen molar-refractivity contribution in [2.45, 2.75) is 6.54 Å². The van der Waals surface area contributed by atoms with Gasteiger partial charge in [-0.05, 0) is 18.4 Å². The average Bonchev–Trinajstić information content (AvgIpc) is 2.43. The van der Waals surface area contributed by atoms with Gasteiger partial charge in [-0.3, -0.25) is 0 Å². The number of thioether (sulfide) groups is 1. The Bertz CT molecular complexity index is 527. The van der Waals surface area contributed by atoms with Crippen LogP contribution in [0.1, 0.15) is 5.56 Å². The summed E-state index contributed by atoms with van der Waals surface area (Å²) in [5, 5.41) is 1.15. The summed E-state index contributed by atoms with van der Waals surface area (Å²) in [4.78, 5) is 6.92. The number of nitrogens with two attached hydrogens (primary N) is 1. The number of hydrogen-bond acceptors (Lipinski definition) is 4. The van der Waals surface area contributed by atoms with Crippen LogP contribution in [0.5, 0.6) is 0 Å². The summed E-state index contributed by atoms with van der Waals surface area (Å²) >= 11 is 1.84. The zero-order chi connectivity index (χ0) is 13.0. The maximum Gasteiger partial charge on any atom is 0.133 e. The van der Waals surface area contributed by atoms with Crippen molar-refractivity contribution in [3.8, 4) is 0 Å². The van der Waals surface area contributed by atoms with Crippen molar-refractivity contribution in [1.82, 2.24) is 4.98 Å². The Kier molecular flexibility index (Phi) is 4.44. The van der Waals surface area contributed by atoms with Crippen molar-refractivity contribution in [3.63, 3.8) is 0 Å². The van der Waals surface area contributed by atoms with Crippen molar-refractivity contribution in [2.75, 3.05) is 30.5 Å². The molecular weight excluding hydrogens is 242 g/mol. The molecule has 0 aliphatic rings. The van der Waals surface area contributed by atoms with Gasteiger partial charge in [0.05, 0.1) is 5.52 Å². The van der Waals surface area contributed by atoms with E-state index < -0.39 is 0 Å². The minimum absolute atomic E-state index is 0.525. The van der Waals surface area contributed by atoms with Crippen molar-refractivity contribution in [2.24, 2.45) is 5.73 Å². The second-order valence-electron chi connectivity index (χ2n) is 4.28. The molecule has 4 heteroatoms. The van der Waals surface area contributed by atoms with E-state index in [1.54, 1.807) is 0 Å². The highest BCUT2D eigenvalue weighted by molar-refractivity contribution is 7.98. The molecule has 0 atom stereocenters. The number of fused-ring (bicyclic) bond motifs is 1. The number of benzene rings is 1. The van der Waals surface area contributed by atoms with Crippen LogP contribution in [-0.2, 0) is 6.54 Å². The van der Waals surface area contributed by atoms with Gasteiger partial charge in [0.25, 0.3) is 0 Å². The summed E-state index contributed by atoms with van der Waals surface area (Å²) in [6.45, 7) is 1.51. The fourth-order valence-corrected chi connectivity index (χ4v) is 2.42. The summed E-state index contributed by atoms with van der Waals surface area (Å²) in [5.41, 5.74) is 7.97. The number of anilines is 1. The molecular formula is C14H19N3S. The molecule has 1 aromatic heterocycles. The molecule has 0 bridgehead atoms. The molecule has 3 nitrogen and oxygen atoms in total. The summed E-state index contributed by atoms with van der Waals surface area (Å²) in [5.74, 6) is 2.10. The molecule has 0 unspecified atom stereocenters. The van der Waals surface area contributed by atoms with E-state index in [0.717, 1.165) is 34.6 Å². The molecule has 1 aromatic carbocycles. The lowest BCUT2D eigenvalue weighted by Crippen LogP contribution is -2.23. The van der Waals surface area contributed by atoms with Gasteiger partial charge in [-0.1, -0.05) is 18.2 Å². The fourth-order valence-electron chi connectivity index (χ4n) is 1.96. The molecule has 0 aliphatic heterocycles. The third-order valence-electron chi connectivity index (χ3n) is 2.99. The molecule has 0 aliphatic carbocycles. The summed E-state index contributed by atoms with van der Waals surface area (Å²) in [7, 11) is 2.08. The van der Waals surface area contributed by atoms with Gasteiger partial charge in [0.2, 0.25) is 0 Å². The highest BCUT2D eigenvalue weighted by Crippen LogP contribution is 2.22. The average molecular weight is 261 g/mol. The van der Waals surface area contributed by atoms with Crippen molar-refractivity contribution < 1.29 is 0 Å². The summed E-state index contributed by atoms with van der Waals surface area (Å²) < 4.78 is 0. The smallest absolute Gasteiger partial charge is 0.133 e. The van der Waals surface area contributed by atoms with E-state index in [4.69, 9.17) is 10.7 Å². The Balaban J connectivity index is 2.41. The lowest BCUT2D eigenvalue weighted by atomic mass is 10.1. The summed E-state index contributed by atoms with van der Waals surface area (Å²) in [6.07, 6.45) is 2.12. The molecule has 0 amide bonds. The Morgan fingerprint density at radius 2 is 2.11 bits per heavy atom. The highest BCUT2D eigenvalue weighted by atomic mass is 32.2.